The molecule has 0 radical (unpaired) electrons. The van der Waals surface area contributed by atoms with Crippen LogP contribution in [0, 0.1) is 0 Å². The van der Waals surface area contributed by atoms with Crippen LogP contribution in [-0.2, 0) is 80.6 Å². The van der Waals surface area contributed by atoms with Crippen LogP contribution in [0.3, 0.4) is 0 Å². The summed E-state index contributed by atoms with van der Waals surface area (Å²) in [6.07, 6.45) is 0.195. The lowest BCUT2D eigenvalue weighted by molar-refractivity contribution is -0.191. The molecule has 454 valence electrons. The highest BCUT2D eigenvalue weighted by Crippen LogP contribution is 2.43. The SMILES string of the molecule is CC[C@@]1(O)C(=O)OCc2c1cc1n(c2=O)Cc2cc3ccccc3nc2-1.CC[C@@]1(OC(=O)CON=C2c3ccccc3-c3ccccc32)C(=O)OCc2c1cc1n(c2=O)Cc2cc3ccccc3nc2-1.O=C(O)CON=C1c2ccccc2-c2ccccc21.[3H]CP. The fourth-order valence-electron chi connectivity index (χ4n) is 12.7. The molecular weight excluding hydrogens is 1180 g/mol. The fraction of sp³-hybridized carbons (Fsp3) is 0.183. The Hall–Kier alpha value is -10.8. The Labute approximate surface area is 523 Å². The van der Waals surface area contributed by atoms with Crippen molar-refractivity contribution < 1.29 is 54.6 Å². The van der Waals surface area contributed by atoms with Gasteiger partial charge in [-0.2, -0.15) is 0 Å². The van der Waals surface area contributed by atoms with Crippen molar-refractivity contribution in [2.24, 2.45) is 10.3 Å². The second-order valence-corrected chi connectivity index (χ2v) is 22.0. The number of rotatable bonds is 9. The number of fused-ring (bicyclic) bond motifs is 16. The molecule has 10 aromatic rings. The maximum Gasteiger partial charge on any atom is 0.355 e. The van der Waals surface area contributed by atoms with Gasteiger partial charge in [-0.25, -0.2) is 29.1 Å². The molecule has 0 spiro atoms. The number of hydrogen-bond acceptors (Lipinski definition) is 16. The van der Waals surface area contributed by atoms with Gasteiger partial charge in [0, 0.05) is 56.7 Å². The Kier molecular flexibility index (Phi) is 15.3. The molecule has 8 heterocycles. The molecule has 0 saturated heterocycles. The molecule has 0 saturated carbocycles. The third kappa shape index (κ3) is 10.1. The molecule has 19 nitrogen and oxygen atoms in total. The standard InChI is InChI=1S/C35H25N3O6.C20H16N2O4.C15H11NO3.CH5P/c1-2-35(44-30(39)19-43-37-32-24-12-6-4-10-22(24)23-11-5-7-13-25(23)32)27-16-29-31-21(15-20-9-3-8-14-28(20)36-31)17-38(29)33(40)26(27)18-42-34(35)41;1-2-20(25)14-8-16-17-12(7-11-5-3-4-6-15(11)21-17)9-22(16)18(23)13(14)10-26-19(20)24;17-14(18)9-19-16-15-12-7-3-1-5-10(12)11-6-2-4-8-13(11)15;1-2/h3-16H,2,17-19H2,1H3;3-8,25H,2,9-10H2,1H3;1-8H,9H2,(H,17,18);2H2,1H3/t35-;20-;;/m00../s1/i;;;1T. The number of aliphatic hydroxyl groups is 1. The summed E-state index contributed by atoms with van der Waals surface area (Å²) in [4.78, 5) is 95.9. The average Bonchev–Trinajstić information content (AvgIpc) is 1.36. The second kappa shape index (κ2) is 24.0. The summed E-state index contributed by atoms with van der Waals surface area (Å²) in [5.41, 5.74) is 12.5. The number of oxime groups is 2. The van der Waals surface area contributed by atoms with Gasteiger partial charge in [0.2, 0.25) is 18.8 Å². The van der Waals surface area contributed by atoms with Crippen molar-refractivity contribution in [3.8, 4) is 45.0 Å². The number of nitrogens with zero attached hydrogens (tertiary/aromatic N) is 6. The van der Waals surface area contributed by atoms with Crippen LogP contribution >= 0.6 is 9.24 Å². The van der Waals surface area contributed by atoms with Gasteiger partial charge < -0.3 is 43.2 Å². The van der Waals surface area contributed by atoms with Crippen molar-refractivity contribution in [3.05, 3.63) is 246 Å². The van der Waals surface area contributed by atoms with Gasteiger partial charge in [-0.1, -0.05) is 164 Å². The number of aromatic nitrogens is 4. The van der Waals surface area contributed by atoms with Crippen molar-refractivity contribution in [1.29, 1.82) is 0 Å². The van der Waals surface area contributed by atoms with E-state index in [1.807, 2.05) is 158 Å². The van der Waals surface area contributed by atoms with Gasteiger partial charge in [-0.05, 0) is 71.5 Å². The summed E-state index contributed by atoms with van der Waals surface area (Å²) in [6.45, 7) is 3.30. The maximum atomic E-state index is 13.7. The van der Waals surface area contributed by atoms with Crippen molar-refractivity contribution in [2.45, 2.75) is 64.2 Å². The number of carbonyl (C=O) groups excluding carboxylic acids is 3. The molecule has 20 heteroatoms. The highest BCUT2D eigenvalue weighted by Gasteiger charge is 2.51. The monoisotopic (exact) mass is 1230 g/mol. The molecule has 4 aromatic heterocycles. The first-order valence-electron chi connectivity index (χ1n) is 30.0. The number of pyridine rings is 4. The first kappa shape index (κ1) is 58.0. The van der Waals surface area contributed by atoms with Gasteiger partial charge in [0.15, 0.2) is 5.60 Å². The molecule has 4 aliphatic heterocycles. The Bertz CT molecular complexity index is 4830. The van der Waals surface area contributed by atoms with Crippen LogP contribution < -0.4 is 11.1 Å². The van der Waals surface area contributed by atoms with E-state index < -0.39 is 48.3 Å². The summed E-state index contributed by atoms with van der Waals surface area (Å²) in [5, 5.41) is 29.7. The van der Waals surface area contributed by atoms with E-state index in [0.29, 0.717) is 64.9 Å². The highest BCUT2D eigenvalue weighted by atomic mass is 31.0. The number of cyclic esters (lactones) is 2. The molecule has 2 N–H and O–H groups in total. The summed E-state index contributed by atoms with van der Waals surface area (Å²) < 4.78 is 25.8. The lowest BCUT2D eigenvalue weighted by Gasteiger charge is -2.35. The van der Waals surface area contributed by atoms with Gasteiger partial charge in [0.05, 0.1) is 58.0 Å². The molecule has 6 aromatic carbocycles. The van der Waals surface area contributed by atoms with E-state index in [1.54, 1.807) is 35.1 Å². The number of carboxylic acids is 1. The highest BCUT2D eigenvalue weighted by molar-refractivity contribution is 7.15. The van der Waals surface area contributed by atoms with Gasteiger partial charge in [-0.15, -0.1) is 9.24 Å². The summed E-state index contributed by atoms with van der Waals surface area (Å²) >= 11 is 0. The van der Waals surface area contributed by atoms with Crippen molar-refractivity contribution in [1.82, 2.24) is 19.1 Å². The summed E-state index contributed by atoms with van der Waals surface area (Å²) in [5.74, 6) is -3.30. The number of carboxylic acid groups (broad SMARTS) is 1. The van der Waals surface area contributed by atoms with Gasteiger partial charge in [0.1, 0.15) is 24.6 Å². The third-order valence-corrected chi connectivity index (χ3v) is 17.1. The molecule has 0 bridgehead atoms. The van der Waals surface area contributed by atoms with E-state index in [1.165, 1.54) is 0 Å². The van der Waals surface area contributed by atoms with E-state index in [-0.39, 0.29) is 42.7 Å². The van der Waals surface area contributed by atoms with E-state index >= 15 is 0 Å². The molecule has 91 heavy (non-hydrogen) atoms. The van der Waals surface area contributed by atoms with Crippen LogP contribution in [-0.4, -0.2) is 84.5 Å². The second-order valence-electron chi connectivity index (χ2n) is 22.0. The molecule has 2 aliphatic carbocycles. The molecule has 3 atom stereocenters. The van der Waals surface area contributed by atoms with E-state index in [0.717, 1.165) is 83.1 Å². The minimum atomic E-state index is -1.82. The zero-order chi connectivity index (χ0) is 64.0. The quantitative estimate of drug-likeness (QED) is 0.0590. The maximum absolute atomic E-state index is 13.7. The first-order valence-corrected chi connectivity index (χ1v) is 30.1. The molecule has 0 fully saturated rings. The largest absolute Gasteiger partial charge is 0.479 e. The predicted octanol–water partition coefficient (Wildman–Crippen LogP) is 10.2. The number of carbonyl (C=O) groups is 4. The van der Waals surface area contributed by atoms with Gasteiger partial charge >= 0.3 is 23.9 Å². The number of esters is 3. The molecule has 16 rings (SSSR count). The van der Waals surface area contributed by atoms with Gasteiger partial charge in [0.25, 0.3) is 11.1 Å². The summed E-state index contributed by atoms with van der Waals surface area (Å²) in [7, 11) is 2.25. The van der Waals surface area contributed by atoms with Crippen LogP contribution in [0.5, 0.6) is 0 Å². The van der Waals surface area contributed by atoms with E-state index in [2.05, 4.69) is 19.6 Å². The number of aliphatic carboxylic acids is 1. The predicted molar refractivity (Wildman–Crippen MR) is 343 cm³/mol. The molecule has 0 amide bonds. The number of benzene rings is 6. The van der Waals surface area contributed by atoms with Crippen LogP contribution in [0.2, 0.25) is 0 Å². The third-order valence-electron chi connectivity index (χ3n) is 17.1. The van der Waals surface area contributed by atoms with Crippen molar-refractivity contribution in [2.75, 3.05) is 19.9 Å². The smallest absolute Gasteiger partial charge is 0.355 e. The molecule has 1 unspecified atom stereocenters. The first-order chi connectivity index (χ1) is 44.7. The fourth-order valence-corrected chi connectivity index (χ4v) is 12.7. The molecule has 6 aliphatic rings. The normalized spacial score (nSPS) is 16.8. The van der Waals surface area contributed by atoms with Crippen LogP contribution in [0.25, 0.3) is 66.8 Å². The lowest BCUT2D eigenvalue weighted by Crippen LogP contribution is -2.48. The van der Waals surface area contributed by atoms with Crippen molar-refractivity contribution in [3.63, 3.8) is 0 Å². The zero-order valence-electron chi connectivity index (χ0n) is 50.2. The van der Waals surface area contributed by atoms with E-state index in [4.69, 9.17) is 40.3 Å². The number of ether oxygens (including phenoxy) is 3. The average molecular weight is 1240 g/mol. The van der Waals surface area contributed by atoms with Gasteiger partial charge in [-0.3, -0.25) is 9.59 Å². The molecular formula is C71H57N6O13P. The Balaban J connectivity index is 0.000000136. The zero-order valence-corrected chi connectivity index (χ0v) is 50.3. The Morgan fingerprint density at radius 1 is 0.571 bits per heavy atom. The number of hydrogen-bond donors (Lipinski definition) is 2. The van der Waals surface area contributed by atoms with Crippen LogP contribution in [0.15, 0.2) is 190 Å². The summed E-state index contributed by atoms with van der Waals surface area (Å²) in [6, 6.07) is 54.5. The minimum Gasteiger partial charge on any atom is -0.479 e. The number of para-hydroxylation sites is 2. The van der Waals surface area contributed by atoms with E-state index in [9.17, 15) is 33.9 Å². The Morgan fingerprint density at radius 2 is 0.967 bits per heavy atom. The van der Waals surface area contributed by atoms with Crippen LogP contribution in [0.4, 0.5) is 0 Å². The Morgan fingerprint density at radius 3 is 1.41 bits per heavy atom. The van der Waals surface area contributed by atoms with Crippen LogP contribution in [0.1, 0.15) is 83.7 Å². The lowest BCUT2D eigenvalue weighted by atomic mass is 9.85. The van der Waals surface area contributed by atoms with Crippen molar-refractivity contribution >= 4 is 66.3 Å². The topological polar surface area (TPSA) is 249 Å². The minimum absolute atomic E-state index is 0.0563.